The highest BCUT2D eigenvalue weighted by atomic mass is 32.1. The Balaban J connectivity index is 1.41. The van der Waals surface area contributed by atoms with Gasteiger partial charge in [-0.15, -0.1) is 11.3 Å². The van der Waals surface area contributed by atoms with E-state index in [1.165, 1.54) is 28.8 Å². The molecule has 4 aromatic heterocycles. The molecule has 1 aliphatic heterocycles. The van der Waals surface area contributed by atoms with Gasteiger partial charge in [-0.1, -0.05) is 0 Å². The largest absolute Gasteiger partial charge is 0.338 e. The normalized spacial score (nSPS) is 16.4. The van der Waals surface area contributed by atoms with Crippen LogP contribution in [0.25, 0.3) is 27.4 Å². The molecule has 0 bridgehead atoms. The number of H-pyrrole nitrogens is 1. The third-order valence-corrected chi connectivity index (χ3v) is 5.99. The Bertz CT molecular complexity index is 1170. The van der Waals surface area contributed by atoms with Crippen LogP contribution in [0.15, 0.2) is 42.3 Å². The maximum atomic E-state index is 13.3. The number of amides is 1. The Morgan fingerprint density at radius 1 is 1.21 bits per heavy atom. The molecule has 148 valence electrons. The van der Waals surface area contributed by atoms with Crippen molar-refractivity contribution in [2.24, 2.45) is 0 Å². The van der Waals surface area contributed by atoms with Crippen molar-refractivity contribution < 1.29 is 13.6 Å². The highest BCUT2D eigenvalue weighted by Gasteiger charge is 2.35. The third-order valence-electron chi connectivity index (χ3n) is 5.07. The van der Waals surface area contributed by atoms with Gasteiger partial charge in [0.2, 0.25) is 0 Å². The highest BCUT2D eigenvalue weighted by molar-refractivity contribution is 7.13. The predicted octanol–water partition coefficient (Wildman–Crippen LogP) is 3.74. The zero-order valence-electron chi connectivity index (χ0n) is 15.2. The predicted molar refractivity (Wildman–Crippen MR) is 104 cm³/mol. The molecule has 0 aromatic carbocycles. The lowest BCUT2D eigenvalue weighted by Crippen LogP contribution is -2.42. The number of nitrogens with one attached hydrogen (secondary N) is 1. The minimum atomic E-state index is -2.68. The standard InChI is InChI=1S/C19H16F2N6OS/c20-19(21)2-5-26(6-3-19)18(28)13-7-12-1-4-27(17(12)22-9-13)14-8-15(29-10-14)16-23-11-24-25-16/h1,4,7-11H,2-3,5-6H2,(H,23,24,25). The maximum Gasteiger partial charge on any atom is 0.255 e. The molecule has 1 N–H and O–H groups in total. The fourth-order valence-electron chi connectivity index (χ4n) is 3.47. The number of carbonyl (C=O) groups excluding carboxylic acids is 1. The summed E-state index contributed by atoms with van der Waals surface area (Å²) in [6, 6.07) is 5.63. The number of halogens is 2. The van der Waals surface area contributed by atoms with Crippen LogP contribution in [0.4, 0.5) is 8.78 Å². The van der Waals surface area contributed by atoms with E-state index in [0.29, 0.717) is 17.0 Å². The molecule has 5 rings (SSSR count). The summed E-state index contributed by atoms with van der Waals surface area (Å²) in [4.78, 5) is 23.7. The van der Waals surface area contributed by atoms with Crippen LogP contribution in [0.5, 0.6) is 0 Å². The van der Waals surface area contributed by atoms with Gasteiger partial charge in [-0.25, -0.2) is 18.7 Å². The molecular formula is C19H16F2N6OS. The minimum absolute atomic E-state index is 0.0597. The van der Waals surface area contributed by atoms with E-state index in [1.54, 1.807) is 6.07 Å². The number of carbonyl (C=O) groups is 1. The van der Waals surface area contributed by atoms with Crippen molar-refractivity contribution >= 4 is 28.3 Å². The van der Waals surface area contributed by atoms with Crippen LogP contribution in [0.2, 0.25) is 0 Å². The smallest absolute Gasteiger partial charge is 0.255 e. The number of aromatic amines is 1. The molecule has 4 aromatic rings. The summed E-state index contributed by atoms with van der Waals surface area (Å²) in [5, 5.41) is 9.51. The molecule has 0 radical (unpaired) electrons. The first kappa shape index (κ1) is 17.9. The molecule has 10 heteroatoms. The molecule has 5 heterocycles. The van der Waals surface area contributed by atoms with Gasteiger partial charge in [-0.2, -0.15) is 5.10 Å². The number of hydrogen-bond donors (Lipinski definition) is 1. The van der Waals surface area contributed by atoms with E-state index in [9.17, 15) is 13.6 Å². The third kappa shape index (κ3) is 3.29. The number of piperidine rings is 1. The van der Waals surface area contributed by atoms with E-state index in [0.717, 1.165) is 16.0 Å². The second-order valence-corrected chi connectivity index (χ2v) is 7.89. The van der Waals surface area contributed by atoms with Crippen LogP contribution in [0.1, 0.15) is 23.2 Å². The number of fused-ring (bicyclic) bond motifs is 1. The SMILES string of the molecule is O=C(c1cnc2c(ccn2-c2csc(-c3ncn[nH]3)c2)c1)N1CCC(F)(F)CC1. The first-order valence-corrected chi connectivity index (χ1v) is 9.97. The fraction of sp³-hybridized carbons (Fsp3) is 0.263. The van der Waals surface area contributed by atoms with Gasteiger partial charge in [0.15, 0.2) is 5.82 Å². The molecule has 0 spiro atoms. The maximum absolute atomic E-state index is 13.3. The van der Waals surface area contributed by atoms with Crippen molar-refractivity contribution in [1.82, 2.24) is 29.6 Å². The zero-order chi connectivity index (χ0) is 20.0. The van der Waals surface area contributed by atoms with Gasteiger partial charge in [-0.05, 0) is 18.2 Å². The lowest BCUT2D eigenvalue weighted by Gasteiger charge is -2.31. The van der Waals surface area contributed by atoms with Gasteiger partial charge >= 0.3 is 0 Å². The number of nitrogens with zero attached hydrogens (tertiary/aromatic N) is 5. The number of alkyl halides is 2. The van der Waals surface area contributed by atoms with Crippen LogP contribution < -0.4 is 0 Å². The second kappa shape index (κ2) is 6.73. The van der Waals surface area contributed by atoms with Crippen LogP contribution in [-0.2, 0) is 0 Å². The first-order chi connectivity index (χ1) is 14.0. The summed E-state index contributed by atoms with van der Waals surface area (Å²) in [5.41, 5.74) is 2.06. The summed E-state index contributed by atoms with van der Waals surface area (Å²) >= 11 is 1.54. The van der Waals surface area contributed by atoms with Crippen molar-refractivity contribution in [1.29, 1.82) is 0 Å². The fourth-order valence-corrected chi connectivity index (χ4v) is 4.30. The van der Waals surface area contributed by atoms with Gasteiger partial charge in [0, 0.05) is 49.1 Å². The lowest BCUT2D eigenvalue weighted by atomic mass is 10.1. The average Bonchev–Trinajstić information content (AvgIpc) is 3.46. The molecule has 1 saturated heterocycles. The van der Waals surface area contributed by atoms with E-state index in [4.69, 9.17) is 0 Å². The Morgan fingerprint density at radius 2 is 2.03 bits per heavy atom. The second-order valence-electron chi connectivity index (χ2n) is 6.97. The summed E-state index contributed by atoms with van der Waals surface area (Å²) in [6.07, 6.45) is 4.27. The molecule has 0 atom stereocenters. The van der Waals surface area contributed by atoms with Crippen molar-refractivity contribution in [2.45, 2.75) is 18.8 Å². The van der Waals surface area contributed by atoms with Crippen molar-refractivity contribution in [3.63, 3.8) is 0 Å². The molecule has 7 nitrogen and oxygen atoms in total. The number of hydrogen-bond acceptors (Lipinski definition) is 5. The van der Waals surface area contributed by atoms with Crippen LogP contribution in [0.3, 0.4) is 0 Å². The highest BCUT2D eigenvalue weighted by Crippen LogP contribution is 2.30. The number of pyridine rings is 1. The summed E-state index contributed by atoms with van der Waals surface area (Å²) < 4.78 is 28.6. The van der Waals surface area contributed by atoms with E-state index in [1.807, 2.05) is 28.3 Å². The Labute approximate surface area is 168 Å². The Morgan fingerprint density at radius 3 is 2.79 bits per heavy atom. The average molecular weight is 414 g/mol. The van der Waals surface area contributed by atoms with Gasteiger partial charge < -0.3 is 9.47 Å². The van der Waals surface area contributed by atoms with Gasteiger partial charge in [0.1, 0.15) is 12.0 Å². The number of aromatic nitrogens is 5. The monoisotopic (exact) mass is 414 g/mol. The first-order valence-electron chi connectivity index (χ1n) is 9.09. The molecule has 1 amide bonds. The van der Waals surface area contributed by atoms with E-state index < -0.39 is 5.92 Å². The van der Waals surface area contributed by atoms with E-state index >= 15 is 0 Å². The number of likely N-dealkylation sites (tertiary alicyclic amines) is 1. The molecule has 1 fully saturated rings. The van der Waals surface area contributed by atoms with Gasteiger partial charge in [-0.3, -0.25) is 9.89 Å². The Hall–Kier alpha value is -3.14. The number of rotatable bonds is 3. The Kier molecular flexibility index (Phi) is 4.16. The van der Waals surface area contributed by atoms with Crippen molar-refractivity contribution in [3.8, 4) is 16.4 Å². The lowest BCUT2D eigenvalue weighted by molar-refractivity contribution is -0.0494. The molecule has 1 aliphatic rings. The van der Waals surface area contributed by atoms with Gasteiger partial charge in [0.05, 0.1) is 16.1 Å². The van der Waals surface area contributed by atoms with Crippen LogP contribution >= 0.6 is 11.3 Å². The van der Waals surface area contributed by atoms with Gasteiger partial charge in [0.25, 0.3) is 11.8 Å². The quantitative estimate of drug-likeness (QED) is 0.554. The summed E-state index contributed by atoms with van der Waals surface area (Å²) in [6.45, 7) is 0.119. The number of thiophene rings is 1. The van der Waals surface area contributed by atoms with E-state index in [2.05, 4.69) is 20.2 Å². The molecular weight excluding hydrogens is 398 g/mol. The summed E-state index contributed by atoms with van der Waals surface area (Å²) in [5.74, 6) is -2.24. The molecule has 0 aliphatic carbocycles. The molecule has 0 saturated carbocycles. The zero-order valence-corrected chi connectivity index (χ0v) is 16.0. The summed E-state index contributed by atoms with van der Waals surface area (Å²) in [7, 11) is 0. The van der Waals surface area contributed by atoms with Crippen LogP contribution in [0, 0.1) is 0 Å². The molecule has 0 unspecified atom stereocenters. The van der Waals surface area contributed by atoms with Crippen molar-refractivity contribution in [3.05, 3.63) is 47.9 Å². The topological polar surface area (TPSA) is 79.7 Å². The van der Waals surface area contributed by atoms with Crippen LogP contribution in [-0.4, -0.2) is 54.6 Å². The van der Waals surface area contributed by atoms with E-state index in [-0.39, 0.29) is 31.8 Å². The minimum Gasteiger partial charge on any atom is -0.338 e. The molecule has 29 heavy (non-hydrogen) atoms. The van der Waals surface area contributed by atoms with Crippen molar-refractivity contribution in [2.75, 3.05) is 13.1 Å².